The maximum atomic E-state index is 11.1. The molecular weight excluding hydrogens is 242 g/mol. The molecule has 1 heterocycles. The highest BCUT2D eigenvalue weighted by molar-refractivity contribution is 7.86. The number of piperazine rings is 1. The molecule has 17 heavy (non-hydrogen) atoms. The van der Waals surface area contributed by atoms with E-state index in [-0.39, 0.29) is 11.9 Å². The van der Waals surface area contributed by atoms with Crippen molar-refractivity contribution in [2.45, 2.75) is 25.8 Å². The topological polar surface area (TPSA) is 117 Å². The van der Waals surface area contributed by atoms with Crippen LogP contribution in [-0.4, -0.2) is 55.7 Å². The van der Waals surface area contributed by atoms with Crippen molar-refractivity contribution < 1.29 is 8.42 Å². The van der Waals surface area contributed by atoms with Crippen LogP contribution in [-0.2, 0) is 10.2 Å². The minimum absolute atomic E-state index is 0.0809. The minimum Gasteiger partial charge on any atom is -0.386 e. The van der Waals surface area contributed by atoms with Crippen LogP contribution >= 0.6 is 0 Å². The first-order valence-electron chi connectivity index (χ1n) is 5.72. The summed E-state index contributed by atoms with van der Waals surface area (Å²) in [4.78, 5) is 2.05. The van der Waals surface area contributed by atoms with Crippen LogP contribution in [0.5, 0.6) is 0 Å². The molecule has 0 radical (unpaired) electrons. The monoisotopic (exact) mass is 263 g/mol. The van der Waals surface area contributed by atoms with Gasteiger partial charge < -0.3 is 5.73 Å². The van der Waals surface area contributed by atoms with Gasteiger partial charge in [0, 0.05) is 26.2 Å². The second-order valence-corrected chi connectivity index (χ2v) is 5.79. The van der Waals surface area contributed by atoms with Crippen LogP contribution in [0.1, 0.15) is 19.8 Å². The molecule has 0 bridgehead atoms. The zero-order chi connectivity index (χ0) is 13.1. The molecule has 0 aromatic heterocycles. The Morgan fingerprint density at radius 1 is 1.35 bits per heavy atom. The van der Waals surface area contributed by atoms with Gasteiger partial charge in [-0.2, -0.15) is 12.7 Å². The van der Waals surface area contributed by atoms with E-state index < -0.39 is 10.2 Å². The van der Waals surface area contributed by atoms with E-state index in [4.69, 9.17) is 16.3 Å². The normalized spacial score (nSPS) is 21.3. The van der Waals surface area contributed by atoms with E-state index in [0.717, 1.165) is 12.8 Å². The van der Waals surface area contributed by atoms with Gasteiger partial charge in [0.15, 0.2) is 0 Å². The Kier molecular flexibility index (Phi) is 4.87. The van der Waals surface area contributed by atoms with E-state index in [2.05, 4.69) is 0 Å². The number of rotatable bonds is 5. The molecule has 100 valence electrons. The molecule has 0 aromatic carbocycles. The molecule has 1 aliphatic rings. The smallest absolute Gasteiger partial charge is 0.276 e. The van der Waals surface area contributed by atoms with E-state index >= 15 is 0 Å². The number of nitrogens with one attached hydrogen (secondary N) is 1. The van der Waals surface area contributed by atoms with Gasteiger partial charge in [0.2, 0.25) is 0 Å². The summed E-state index contributed by atoms with van der Waals surface area (Å²) in [5.74, 6) is 0.149. The second kappa shape index (κ2) is 5.76. The maximum Gasteiger partial charge on any atom is 0.276 e. The van der Waals surface area contributed by atoms with Crippen molar-refractivity contribution in [2.75, 3.05) is 26.2 Å². The van der Waals surface area contributed by atoms with Crippen molar-refractivity contribution in [1.29, 1.82) is 5.41 Å². The number of hydrogen-bond donors (Lipinski definition) is 3. The molecule has 0 aliphatic carbocycles. The van der Waals surface area contributed by atoms with Crippen molar-refractivity contribution in [1.82, 2.24) is 9.21 Å². The lowest BCUT2D eigenvalue weighted by Gasteiger charge is -2.37. The summed E-state index contributed by atoms with van der Waals surface area (Å²) >= 11 is 0. The SMILES string of the molecule is CCCC(C(=N)N)N1CCN(S(N)(=O)=O)CC1. The molecule has 1 unspecified atom stereocenters. The fraction of sp³-hybridized carbons (Fsp3) is 0.889. The molecule has 1 atom stereocenters. The highest BCUT2D eigenvalue weighted by Gasteiger charge is 2.28. The Hall–Kier alpha value is -0.700. The minimum atomic E-state index is -3.59. The third-order valence-corrected chi connectivity index (χ3v) is 4.08. The van der Waals surface area contributed by atoms with Gasteiger partial charge in [-0.25, -0.2) is 5.14 Å². The average Bonchev–Trinajstić information content (AvgIpc) is 2.24. The van der Waals surface area contributed by atoms with Crippen molar-refractivity contribution in [3.63, 3.8) is 0 Å². The Morgan fingerprint density at radius 2 is 1.88 bits per heavy atom. The Morgan fingerprint density at radius 3 is 2.24 bits per heavy atom. The van der Waals surface area contributed by atoms with Gasteiger partial charge in [-0.15, -0.1) is 0 Å². The first kappa shape index (κ1) is 14.4. The molecular formula is C9H21N5O2S. The molecule has 7 nitrogen and oxygen atoms in total. The van der Waals surface area contributed by atoms with Gasteiger partial charge in [0.05, 0.1) is 6.04 Å². The first-order valence-corrected chi connectivity index (χ1v) is 7.22. The summed E-state index contributed by atoms with van der Waals surface area (Å²) in [6.45, 7) is 3.91. The maximum absolute atomic E-state index is 11.1. The van der Waals surface area contributed by atoms with E-state index in [9.17, 15) is 8.42 Å². The molecule has 8 heteroatoms. The van der Waals surface area contributed by atoms with E-state index in [1.54, 1.807) is 0 Å². The van der Waals surface area contributed by atoms with Crippen molar-refractivity contribution in [3.05, 3.63) is 0 Å². The van der Waals surface area contributed by atoms with E-state index in [0.29, 0.717) is 26.2 Å². The summed E-state index contributed by atoms with van der Waals surface area (Å²) in [5.41, 5.74) is 5.56. The summed E-state index contributed by atoms with van der Waals surface area (Å²) in [7, 11) is -3.59. The largest absolute Gasteiger partial charge is 0.386 e. The lowest BCUT2D eigenvalue weighted by Crippen LogP contribution is -2.56. The fourth-order valence-electron chi connectivity index (χ4n) is 2.08. The van der Waals surface area contributed by atoms with Crippen LogP contribution in [0.4, 0.5) is 0 Å². The fourth-order valence-corrected chi connectivity index (χ4v) is 2.75. The highest BCUT2D eigenvalue weighted by atomic mass is 32.2. The molecule has 0 saturated carbocycles. The average molecular weight is 263 g/mol. The number of nitrogens with zero attached hydrogens (tertiary/aromatic N) is 2. The lowest BCUT2D eigenvalue weighted by molar-refractivity contribution is 0.161. The van der Waals surface area contributed by atoms with Crippen LogP contribution in [0.3, 0.4) is 0 Å². The summed E-state index contributed by atoms with van der Waals surface area (Å²) in [5, 5.41) is 12.6. The number of nitrogens with two attached hydrogens (primary N) is 2. The Bertz CT molecular complexity index is 362. The van der Waals surface area contributed by atoms with Gasteiger partial charge in [0.25, 0.3) is 10.2 Å². The van der Waals surface area contributed by atoms with Gasteiger partial charge >= 0.3 is 0 Å². The van der Waals surface area contributed by atoms with Gasteiger partial charge in [-0.1, -0.05) is 13.3 Å². The predicted octanol–water partition coefficient (Wildman–Crippen LogP) is -1.09. The van der Waals surface area contributed by atoms with E-state index in [1.807, 2.05) is 11.8 Å². The third-order valence-electron chi connectivity index (χ3n) is 3.00. The molecule has 1 aliphatic heterocycles. The van der Waals surface area contributed by atoms with Crippen LogP contribution in [0, 0.1) is 5.41 Å². The van der Waals surface area contributed by atoms with Crippen molar-refractivity contribution in [2.24, 2.45) is 10.9 Å². The van der Waals surface area contributed by atoms with Gasteiger partial charge in [-0.3, -0.25) is 10.3 Å². The first-order chi connectivity index (χ1) is 7.86. The lowest BCUT2D eigenvalue weighted by atomic mass is 10.1. The summed E-state index contributed by atoms with van der Waals surface area (Å²) in [6.07, 6.45) is 1.77. The molecule has 5 N–H and O–H groups in total. The Labute approximate surface area is 102 Å². The zero-order valence-corrected chi connectivity index (χ0v) is 10.9. The quantitative estimate of drug-likeness (QED) is 0.431. The third kappa shape index (κ3) is 3.91. The van der Waals surface area contributed by atoms with Gasteiger partial charge in [0.1, 0.15) is 5.84 Å². The zero-order valence-electron chi connectivity index (χ0n) is 10.1. The summed E-state index contributed by atoms with van der Waals surface area (Å²) < 4.78 is 23.5. The molecule has 0 spiro atoms. The van der Waals surface area contributed by atoms with Crippen LogP contribution in [0.25, 0.3) is 0 Å². The summed E-state index contributed by atoms with van der Waals surface area (Å²) in [6, 6.07) is -0.0809. The van der Waals surface area contributed by atoms with Crippen molar-refractivity contribution in [3.8, 4) is 0 Å². The molecule has 0 aromatic rings. The number of hydrogen-bond acceptors (Lipinski definition) is 4. The standard InChI is InChI=1S/C9H21N5O2S/c1-2-3-8(9(10)11)13-4-6-14(7-5-13)17(12,15)16/h8H,2-7H2,1H3,(H3,10,11)(H2,12,15,16). The van der Waals surface area contributed by atoms with Gasteiger partial charge in [-0.05, 0) is 6.42 Å². The molecule has 1 rings (SSSR count). The van der Waals surface area contributed by atoms with Crippen molar-refractivity contribution >= 4 is 16.0 Å². The molecule has 0 amide bonds. The van der Waals surface area contributed by atoms with Crippen LogP contribution < -0.4 is 10.9 Å². The highest BCUT2D eigenvalue weighted by Crippen LogP contribution is 2.12. The Balaban J connectivity index is 2.58. The molecule has 1 saturated heterocycles. The molecule has 1 fully saturated rings. The second-order valence-electron chi connectivity index (χ2n) is 4.24. The predicted molar refractivity (Wildman–Crippen MR) is 66.9 cm³/mol. The number of amidine groups is 1. The van der Waals surface area contributed by atoms with Crippen LogP contribution in [0.15, 0.2) is 0 Å². The van der Waals surface area contributed by atoms with E-state index in [1.165, 1.54) is 4.31 Å². The van der Waals surface area contributed by atoms with Crippen LogP contribution in [0.2, 0.25) is 0 Å².